The van der Waals surface area contributed by atoms with Gasteiger partial charge in [-0.2, -0.15) is 0 Å². The zero-order valence-corrected chi connectivity index (χ0v) is 25.7. The van der Waals surface area contributed by atoms with Crippen LogP contribution in [0.4, 0.5) is 11.5 Å². The minimum Gasteiger partial charge on any atom is -0.481 e. The van der Waals surface area contributed by atoms with Crippen LogP contribution in [0.5, 0.6) is 0 Å². The number of para-hydroxylation sites is 1. The molecule has 8 nitrogen and oxygen atoms in total. The summed E-state index contributed by atoms with van der Waals surface area (Å²) in [4.78, 5) is 32.9. The van der Waals surface area contributed by atoms with Gasteiger partial charge < -0.3 is 20.8 Å². The Kier molecular flexibility index (Phi) is 13.6. The van der Waals surface area contributed by atoms with Crippen molar-refractivity contribution in [2.45, 2.75) is 82.3 Å². The number of aliphatic hydroxyl groups excluding tert-OH is 1. The molecule has 8 heteroatoms. The molecule has 3 unspecified atom stereocenters. The fourth-order valence-corrected chi connectivity index (χ4v) is 5.63. The Morgan fingerprint density at radius 2 is 1.27 bits per heavy atom. The van der Waals surface area contributed by atoms with E-state index < -0.39 is 24.0 Å². The number of hydrogen-bond donors (Lipinski definition) is 4. The molecule has 2 aromatic heterocycles. The molecule has 3 atom stereocenters. The maximum absolute atomic E-state index is 13.1. The summed E-state index contributed by atoms with van der Waals surface area (Å²) >= 11 is 0. The molecule has 0 fully saturated rings. The molecular formula is C37H44N4O4. The quantitative estimate of drug-likeness (QED) is 0.0794. The highest BCUT2D eigenvalue weighted by Crippen LogP contribution is 2.43. The number of carboxylic acid groups (broad SMARTS) is 1. The molecule has 236 valence electrons. The van der Waals surface area contributed by atoms with Crippen LogP contribution in [0.15, 0.2) is 103 Å². The van der Waals surface area contributed by atoms with E-state index in [2.05, 4.69) is 20.6 Å². The molecule has 2 aromatic carbocycles. The first-order valence-corrected chi connectivity index (χ1v) is 15.9. The molecule has 0 spiro atoms. The summed E-state index contributed by atoms with van der Waals surface area (Å²) in [5.74, 6) is -0.649. The van der Waals surface area contributed by atoms with Gasteiger partial charge in [0.15, 0.2) is 0 Å². The van der Waals surface area contributed by atoms with Crippen LogP contribution in [0.3, 0.4) is 0 Å². The Bertz CT molecular complexity index is 1440. The van der Waals surface area contributed by atoms with Crippen molar-refractivity contribution in [2.24, 2.45) is 0 Å². The Labute approximate surface area is 266 Å². The highest BCUT2D eigenvalue weighted by Gasteiger charge is 2.35. The monoisotopic (exact) mass is 608 g/mol. The number of aliphatic carboxylic acids is 1. The fraction of sp³-hybridized carbons (Fsp3) is 0.351. The number of pyridine rings is 2. The lowest BCUT2D eigenvalue weighted by Gasteiger charge is -2.33. The second-order valence-corrected chi connectivity index (χ2v) is 11.3. The average molecular weight is 609 g/mol. The van der Waals surface area contributed by atoms with Gasteiger partial charge in [0, 0.05) is 36.6 Å². The second-order valence-electron chi connectivity index (χ2n) is 11.3. The summed E-state index contributed by atoms with van der Waals surface area (Å²) in [6, 6.07) is 28.1. The van der Waals surface area contributed by atoms with Gasteiger partial charge in [-0.25, -0.2) is 4.98 Å². The number of aliphatic hydroxyl groups is 1. The van der Waals surface area contributed by atoms with Crippen molar-refractivity contribution in [3.8, 4) is 0 Å². The van der Waals surface area contributed by atoms with Gasteiger partial charge in [0.05, 0.1) is 18.1 Å². The largest absolute Gasteiger partial charge is 0.481 e. The van der Waals surface area contributed by atoms with Crippen LogP contribution < -0.4 is 10.6 Å². The molecule has 0 aliphatic heterocycles. The van der Waals surface area contributed by atoms with Crippen molar-refractivity contribution in [3.63, 3.8) is 0 Å². The molecule has 4 rings (SSSR count). The average Bonchev–Trinajstić information content (AvgIpc) is 3.07. The van der Waals surface area contributed by atoms with Gasteiger partial charge in [-0.3, -0.25) is 14.6 Å². The van der Waals surface area contributed by atoms with E-state index in [-0.39, 0.29) is 12.3 Å². The number of carbonyl (C=O) groups excluding carboxylic acids is 1. The van der Waals surface area contributed by atoms with Crippen molar-refractivity contribution in [1.82, 2.24) is 9.97 Å². The molecular weight excluding hydrogens is 564 g/mol. The number of nitrogens with zero attached hydrogens (tertiary/aromatic N) is 2. The smallest absolute Gasteiger partial charge is 0.303 e. The van der Waals surface area contributed by atoms with E-state index in [9.17, 15) is 14.7 Å². The molecule has 0 saturated heterocycles. The summed E-state index contributed by atoms with van der Waals surface area (Å²) in [5, 5.41) is 27.3. The third kappa shape index (κ3) is 10.8. The maximum Gasteiger partial charge on any atom is 0.303 e. The second kappa shape index (κ2) is 18.3. The Hall–Kier alpha value is -4.56. The summed E-state index contributed by atoms with van der Waals surface area (Å²) in [5.41, 5.74) is 2.98. The van der Waals surface area contributed by atoms with Crippen LogP contribution in [0.2, 0.25) is 0 Å². The normalized spacial score (nSPS) is 13.0. The molecule has 2 heterocycles. The van der Waals surface area contributed by atoms with Gasteiger partial charge >= 0.3 is 5.97 Å². The Morgan fingerprint density at radius 1 is 0.667 bits per heavy atom. The van der Waals surface area contributed by atoms with Gasteiger partial charge in [-0.15, -0.1) is 0 Å². The van der Waals surface area contributed by atoms with Crippen LogP contribution in [0.25, 0.3) is 0 Å². The summed E-state index contributed by atoms with van der Waals surface area (Å²) in [6.45, 7) is 0. The number of nitrogens with one attached hydrogen (secondary N) is 2. The van der Waals surface area contributed by atoms with Crippen LogP contribution in [0.1, 0.15) is 99.1 Å². The van der Waals surface area contributed by atoms with Crippen LogP contribution in [-0.2, 0) is 9.59 Å². The molecule has 0 aliphatic rings. The minimum atomic E-state index is -0.900. The highest BCUT2D eigenvalue weighted by molar-refractivity contribution is 5.91. The molecule has 0 saturated carbocycles. The minimum absolute atomic E-state index is 0.0503. The molecule has 0 radical (unpaired) electrons. The number of carbonyl (C=O) groups is 2. The van der Waals surface area contributed by atoms with Gasteiger partial charge in [0.25, 0.3) is 0 Å². The third-order valence-corrected chi connectivity index (χ3v) is 7.95. The number of unbranched alkanes of at least 4 members (excludes halogenated alkanes) is 7. The Morgan fingerprint density at radius 3 is 1.91 bits per heavy atom. The predicted molar refractivity (Wildman–Crippen MR) is 178 cm³/mol. The number of rotatable bonds is 19. The van der Waals surface area contributed by atoms with Gasteiger partial charge in [0.2, 0.25) is 5.91 Å². The van der Waals surface area contributed by atoms with E-state index in [1.54, 1.807) is 12.4 Å². The van der Waals surface area contributed by atoms with E-state index >= 15 is 0 Å². The zero-order valence-electron chi connectivity index (χ0n) is 25.7. The molecule has 1 amide bonds. The number of carboxylic acids is 1. The van der Waals surface area contributed by atoms with E-state index in [1.807, 2.05) is 91.0 Å². The van der Waals surface area contributed by atoms with E-state index in [0.29, 0.717) is 23.6 Å². The van der Waals surface area contributed by atoms with Crippen molar-refractivity contribution in [3.05, 3.63) is 120 Å². The fourth-order valence-electron chi connectivity index (χ4n) is 5.63. The standard InChI is InChI=1S/C37H44N4O4/c42-33(24-10-5-3-1-2-4-6-11-25-34(43)44)40-30-21-13-12-20-29(30)36(41-32-23-15-17-27-39-32)35(31-22-14-16-26-38-31)37(45)28-18-8-7-9-19-28/h7-9,12-23,26-27,35-37,45H,1-6,10-11,24-25H2,(H,39,41)(H,40,42)(H,43,44). The first kappa shape index (κ1) is 33.3. The first-order chi connectivity index (χ1) is 22.0. The zero-order chi connectivity index (χ0) is 31.7. The number of anilines is 2. The van der Waals surface area contributed by atoms with Crippen molar-refractivity contribution < 1.29 is 19.8 Å². The molecule has 4 N–H and O–H groups in total. The number of hydrogen-bond acceptors (Lipinski definition) is 6. The molecule has 45 heavy (non-hydrogen) atoms. The van der Waals surface area contributed by atoms with Crippen LogP contribution in [-0.4, -0.2) is 32.1 Å². The molecule has 4 aromatic rings. The van der Waals surface area contributed by atoms with E-state index in [0.717, 1.165) is 62.5 Å². The van der Waals surface area contributed by atoms with Crippen molar-refractivity contribution in [2.75, 3.05) is 10.6 Å². The van der Waals surface area contributed by atoms with E-state index in [4.69, 9.17) is 5.11 Å². The lowest BCUT2D eigenvalue weighted by atomic mass is 9.82. The maximum atomic E-state index is 13.1. The lowest BCUT2D eigenvalue weighted by molar-refractivity contribution is -0.137. The number of amides is 1. The predicted octanol–water partition coefficient (Wildman–Crippen LogP) is 8.07. The molecule has 0 aliphatic carbocycles. The van der Waals surface area contributed by atoms with Crippen molar-refractivity contribution in [1.29, 1.82) is 0 Å². The topological polar surface area (TPSA) is 124 Å². The number of benzene rings is 2. The SMILES string of the molecule is O=C(O)CCCCCCCCCCC(=O)Nc1ccccc1C(Nc1ccccn1)C(c1ccccn1)C(O)c1ccccc1. The van der Waals surface area contributed by atoms with Gasteiger partial charge in [-0.05, 0) is 54.3 Å². The summed E-state index contributed by atoms with van der Waals surface area (Å²) < 4.78 is 0. The van der Waals surface area contributed by atoms with Gasteiger partial charge in [0.1, 0.15) is 5.82 Å². The third-order valence-electron chi connectivity index (χ3n) is 7.95. The summed E-state index contributed by atoms with van der Waals surface area (Å²) in [6.07, 6.45) is 11.0. The highest BCUT2D eigenvalue weighted by atomic mass is 16.4. The van der Waals surface area contributed by atoms with Crippen LogP contribution >= 0.6 is 0 Å². The molecule has 0 bridgehead atoms. The Balaban J connectivity index is 1.48. The summed E-state index contributed by atoms with van der Waals surface area (Å²) in [7, 11) is 0. The van der Waals surface area contributed by atoms with E-state index in [1.165, 1.54) is 0 Å². The van der Waals surface area contributed by atoms with Gasteiger partial charge in [-0.1, -0.05) is 99.2 Å². The number of aromatic nitrogens is 2. The van der Waals surface area contributed by atoms with Crippen LogP contribution in [0, 0.1) is 0 Å². The lowest BCUT2D eigenvalue weighted by Crippen LogP contribution is -2.27. The first-order valence-electron chi connectivity index (χ1n) is 15.9. The van der Waals surface area contributed by atoms with Crippen molar-refractivity contribution >= 4 is 23.4 Å².